The molecule has 2 aromatic heterocycles. The SMILES string of the molecule is Cc1cc(C(C)(CC2CC2)NC(=O)c2cc(O[C@@H](C)C(F)(F)F)c(C3(F)COC3)cn2)n[nH]1. The molecule has 7 nitrogen and oxygen atoms in total. The van der Waals surface area contributed by atoms with Crippen LogP contribution in [0.3, 0.4) is 0 Å². The molecule has 1 aliphatic carbocycles. The molecule has 2 aliphatic rings. The number of H-pyrrole nitrogens is 1. The maximum absolute atomic E-state index is 15.0. The average Bonchev–Trinajstić information content (AvgIpc) is 3.40. The summed E-state index contributed by atoms with van der Waals surface area (Å²) in [5.41, 5.74) is -1.71. The van der Waals surface area contributed by atoms with Gasteiger partial charge in [0.05, 0.1) is 30.0 Å². The van der Waals surface area contributed by atoms with E-state index in [0.717, 1.165) is 37.7 Å². The van der Waals surface area contributed by atoms with Crippen molar-refractivity contribution in [1.82, 2.24) is 20.5 Å². The summed E-state index contributed by atoms with van der Waals surface area (Å²) >= 11 is 0. The van der Waals surface area contributed by atoms with Crippen LogP contribution < -0.4 is 10.1 Å². The number of ether oxygens (including phenoxy) is 2. The Balaban J connectivity index is 1.63. The number of hydrogen-bond acceptors (Lipinski definition) is 5. The standard InChI is InChI=1S/C22H26F4N4O3/c1-12-6-18(30-29-12)20(3,8-14-4-5-14)28-19(31)16-7-17(33-13(2)22(24,25)26)15(9-27-16)21(23)10-32-11-21/h6-7,9,13-14H,4-5,8,10-11H2,1-3H3,(H,28,31)(H,29,30)/t13-,20?/m0/s1. The van der Waals surface area contributed by atoms with Crippen LogP contribution in [0.25, 0.3) is 0 Å². The Labute approximate surface area is 188 Å². The van der Waals surface area contributed by atoms with Crippen LogP contribution in [0.2, 0.25) is 0 Å². The first-order valence-corrected chi connectivity index (χ1v) is 10.8. The van der Waals surface area contributed by atoms with E-state index in [1.807, 2.05) is 19.9 Å². The van der Waals surface area contributed by atoms with Gasteiger partial charge in [0.1, 0.15) is 11.4 Å². The van der Waals surface area contributed by atoms with Crippen LogP contribution in [0, 0.1) is 12.8 Å². The number of alkyl halides is 4. The molecular weight excluding hydrogens is 444 g/mol. The van der Waals surface area contributed by atoms with E-state index in [1.165, 1.54) is 0 Å². The third kappa shape index (κ3) is 4.97. The summed E-state index contributed by atoms with van der Waals surface area (Å²) in [6.07, 6.45) is -3.06. The summed E-state index contributed by atoms with van der Waals surface area (Å²) in [4.78, 5) is 17.2. The van der Waals surface area contributed by atoms with Crippen molar-refractivity contribution in [2.75, 3.05) is 13.2 Å². The van der Waals surface area contributed by atoms with Gasteiger partial charge in [-0.3, -0.25) is 14.9 Å². The molecule has 180 valence electrons. The number of nitrogens with one attached hydrogen (secondary N) is 2. The molecule has 2 N–H and O–H groups in total. The van der Waals surface area contributed by atoms with Gasteiger partial charge in [0.15, 0.2) is 11.8 Å². The highest BCUT2D eigenvalue weighted by Crippen LogP contribution is 2.42. The Bertz CT molecular complexity index is 1030. The summed E-state index contributed by atoms with van der Waals surface area (Å²) in [5.74, 6) is -0.558. The predicted octanol–water partition coefficient (Wildman–Crippen LogP) is 4.08. The Morgan fingerprint density at radius 3 is 2.58 bits per heavy atom. The minimum absolute atomic E-state index is 0.176. The van der Waals surface area contributed by atoms with E-state index in [9.17, 15) is 22.4 Å². The second kappa shape index (κ2) is 8.27. The Hall–Kier alpha value is -2.69. The van der Waals surface area contributed by atoms with Crippen LogP contribution in [0.4, 0.5) is 17.6 Å². The number of amides is 1. The summed E-state index contributed by atoms with van der Waals surface area (Å²) in [6, 6.07) is 2.89. The minimum Gasteiger partial charge on any atom is -0.481 e. The van der Waals surface area contributed by atoms with Crippen molar-refractivity contribution in [3.63, 3.8) is 0 Å². The zero-order valence-corrected chi connectivity index (χ0v) is 18.6. The Kier molecular flexibility index (Phi) is 5.88. The van der Waals surface area contributed by atoms with Gasteiger partial charge in [-0.05, 0) is 39.2 Å². The van der Waals surface area contributed by atoms with Crippen LogP contribution in [0.15, 0.2) is 18.3 Å². The fourth-order valence-corrected chi connectivity index (χ4v) is 3.82. The molecule has 1 saturated heterocycles. The molecule has 2 fully saturated rings. The van der Waals surface area contributed by atoms with Crippen molar-refractivity contribution in [1.29, 1.82) is 0 Å². The molecule has 11 heteroatoms. The lowest BCUT2D eigenvalue weighted by atomic mass is 9.90. The number of nitrogens with zero attached hydrogens (tertiary/aromatic N) is 2. The van der Waals surface area contributed by atoms with E-state index in [0.29, 0.717) is 18.0 Å². The van der Waals surface area contributed by atoms with Gasteiger partial charge >= 0.3 is 6.18 Å². The topological polar surface area (TPSA) is 89.1 Å². The maximum atomic E-state index is 15.0. The number of aryl methyl sites for hydroxylation is 1. The number of carbonyl (C=O) groups is 1. The molecule has 2 atom stereocenters. The molecule has 3 heterocycles. The normalized spacial score (nSPS) is 20.5. The van der Waals surface area contributed by atoms with Gasteiger partial charge in [-0.25, -0.2) is 4.39 Å². The molecule has 1 aliphatic heterocycles. The van der Waals surface area contributed by atoms with Crippen molar-refractivity contribution < 1.29 is 31.8 Å². The average molecular weight is 470 g/mol. The highest BCUT2D eigenvalue weighted by molar-refractivity contribution is 5.93. The summed E-state index contributed by atoms with van der Waals surface area (Å²) in [7, 11) is 0. The van der Waals surface area contributed by atoms with E-state index < -0.39 is 29.4 Å². The zero-order valence-electron chi connectivity index (χ0n) is 18.6. The highest BCUT2D eigenvalue weighted by Gasteiger charge is 2.46. The zero-order chi connectivity index (χ0) is 24.0. The van der Waals surface area contributed by atoms with Crippen LogP contribution in [0.1, 0.15) is 60.5 Å². The molecule has 0 radical (unpaired) electrons. The Morgan fingerprint density at radius 1 is 1.36 bits per heavy atom. The minimum atomic E-state index is -4.66. The molecule has 0 spiro atoms. The number of carbonyl (C=O) groups excluding carboxylic acids is 1. The van der Waals surface area contributed by atoms with Gasteiger partial charge in [0.2, 0.25) is 0 Å². The summed E-state index contributed by atoms with van der Waals surface area (Å²) in [6.45, 7) is 3.86. The second-order valence-electron chi connectivity index (χ2n) is 9.20. The number of rotatable bonds is 8. The van der Waals surface area contributed by atoms with Crippen molar-refractivity contribution >= 4 is 5.91 Å². The largest absolute Gasteiger partial charge is 0.481 e. The third-order valence-corrected chi connectivity index (χ3v) is 6.06. The van der Waals surface area contributed by atoms with Gasteiger partial charge in [-0.1, -0.05) is 12.8 Å². The summed E-state index contributed by atoms with van der Waals surface area (Å²) < 4.78 is 64.3. The smallest absolute Gasteiger partial charge is 0.425 e. The fourth-order valence-electron chi connectivity index (χ4n) is 3.82. The molecule has 4 rings (SSSR count). The van der Waals surface area contributed by atoms with Crippen LogP contribution >= 0.6 is 0 Å². The van der Waals surface area contributed by atoms with Gasteiger partial charge < -0.3 is 14.8 Å². The molecular formula is C22H26F4N4O3. The van der Waals surface area contributed by atoms with E-state index >= 15 is 0 Å². The molecule has 33 heavy (non-hydrogen) atoms. The van der Waals surface area contributed by atoms with E-state index in [1.54, 1.807) is 0 Å². The predicted molar refractivity (Wildman–Crippen MR) is 109 cm³/mol. The lowest BCUT2D eigenvalue weighted by Gasteiger charge is -2.35. The molecule has 0 aromatic carbocycles. The first-order chi connectivity index (χ1) is 15.4. The number of aromatic nitrogens is 3. The van der Waals surface area contributed by atoms with E-state index in [-0.39, 0.29) is 30.2 Å². The molecule has 1 amide bonds. The van der Waals surface area contributed by atoms with Crippen molar-refractivity contribution in [3.05, 3.63) is 41.0 Å². The van der Waals surface area contributed by atoms with Crippen molar-refractivity contribution in [3.8, 4) is 5.75 Å². The lowest BCUT2D eigenvalue weighted by Crippen LogP contribution is -2.45. The van der Waals surface area contributed by atoms with E-state index in [2.05, 4.69) is 20.5 Å². The summed E-state index contributed by atoms with van der Waals surface area (Å²) in [5, 5.41) is 10.1. The van der Waals surface area contributed by atoms with Gasteiger partial charge in [0, 0.05) is 18.0 Å². The van der Waals surface area contributed by atoms with E-state index in [4.69, 9.17) is 9.47 Å². The first kappa shape index (κ1) is 23.5. The number of hydrogen-bond donors (Lipinski definition) is 2. The van der Waals surface area contributed by atoms with Crippen LogP contribution in [-0.4, -0.2) is 46.6 Å². The number of aromatic amines is 1. The fraction of sp³-hybridized carbons (Fsp3) is 0.591. The number of halogens is 4. The first-order valence-electron chi connectivity index (χ1n) is 10.8. The monoisotopic (exact) mass is 470 g/mol. The lowest BCUT2D eigenvalue weighted by molar-refractivity contribution is -0.190. The van der Waals surface area contributed by atoms with Gasteiger partial charge in [-0.2, -0.15) is 18.3 Å². The van der Waals surface area contributed by atoms with Crippen LogP contribution in [-0.2, 0) is 15.9 Å². The third-order valence-electron chi connectivity index (χ3n) is 6.06. The quantitative estimate of drug-likeness (QED) is 0.568. The molecule has 1 unspecified atom stereocenters. The molecule has 0 bridgehead atoms. The Morgan fingerprint density at radius 2 is 2.06 bits per heavy atom. The molecule has 2 aromatic rings. The highest BCUT2D eigenvalue weighted by atomic mass is 19.4. The second-order valence-corrected chi connectivity index (χ2v) is 9.20. The van der Waals surface area contributed by atoms with Crippen molar-refractivity contribution in [2.45, 2.75) is 63.5 Å². The number of pyridine rings is 1. The molecule has 1 saturated carbocycles. The maximum Gasteiger partial charge on any atom is 0.425 e. The van der Waals surface area contributed by atoms with Gasteiger partial charge in [-0.15, -0.1) is 0 Å². The van der Waals surface area contributed by atoms with Crippen LogP contribution in [0.5, 0.6) is 5.75 Å². The van der Waals surface area contributed by atoms with Crippen molar-refractivity contribution in [2.24, 2.45) is 5.92 Å². The van der Waals surface area contributed by atoms with Gasteiger partial charge in [0.25, 0.3) is 5.91 Å².